The van der Waals surface area contributed by atoms with E-state index in [9.17, 15) is 4.79 Å². The first-order valence-corrected chi connectivity index (χ1v) is 8.74. The van der Waals surface area contributed by atoms with Crippen LogP contribution in [0.3, 0.4) is 0 Å². The van der Waals surface area contributed by atoms with Gasteiger partial charge in [-0.1, -0.05) is 33.2 Å². The van der Waals surface area contributed by atoms with Crippen molar-refractivity contribution >= 4 is 21.8 Å². The van der Waals surface area contributed by atoms with E-state index < -0.39 is 0 Å². The van der Waals surface area contributed by atoms with Crippen molar-refractivity contribution in [1.82, 2.24) is 10.1 Å². The number of halogens is 1. The highest BCUT2D eigenvalue weighted by Crippen LogP contribution is 2.33. The summed E-state index contributed by atoms with van der Waals surface area (Å²) in [6.45, 7) is 6.36. The molecule has 0 saturated heterocycles. The van der Waals surface area contributed by atoms with Crippen LogP contribution >= 0.6 is 15.9 Å². The zero-order valence-corrected chi connectivity index (χ0v) is 15.3. The Morgan fingerprint density at radius 1 is 1.43 bits per heavy atom. The minimum atomic E-state index is -0.228. The molecule has 3 rings (SSSR count). The van der Waals surface area contributed by atoms with Crippen LogP contribution in [0.4, 0.5) is 0 Å². The molecule has 1 aromatic heterocycles. The third-order valence-corrected chi connectivity index (χ3v) is 4.90. The summed E-state index contributed by atoms with van der Waals surface area (Å²) in [4.78, 5) is 15.1. The standard InChI is InChI=1S/C18H21BrN2O2/c1-11(17-12(2)20-23-13(17)3)18(22)21(16-7-8-16)10-14-5-4-6-15(19)9-14/h4-6,9,11,16H,7-8,10H2,1-3H3. The third-order valence-electron chi connectivity index (χ3n) is 4.40. The SMILES string of the molecule is Cc1noc(C)c1C(C)C(=O)N(Cc1cccc(Br)c1)C1CC1. The maximum Gasteiger partial charge on any atom is 0.230 e. The molecule has 1 heterocycles. The number of rotatable bonds is 5. The Bertz CT molecular complexity index is 702. The van der Waals surface area contributed by atoms with Gasteiger partial charge in [-0.2, -0.15) is 0 Å². The number of carbonyl (C=O) groups excluding carboxylic acids is 1. The van der Waals surface area contributed by atoms with Crippen LogP contribution in [0, 0.1) is 13.8 Å². The van der Waals surface area contributed by atoms with Crippen molar-refractivity contribution in [1.29, 1.82) is 0 Å². The summed E-state index contributed by atoms with van der Waals surface area (Å²) in [7, 11) is 0. The molecule has 1 atom stereocenters. The van der Waals surface area contributed by atoms with Crippen molar-refractivity contribution in [3.63, 3.8) is 0 Å². The Kier molecular flexibility index (Phi) is 4.57. The molecule has 1 aliphatic carbocycles. The highest BCUT2D eigenvalue weighted by Gasteiger charge is 2.36. The fourth-order valence-electron chi connectivity index (χ4n) is 3.09. The van der Waals surface area contributed by atoms with E-state index in [1.54, 1.807) is 0 Å². The van der Waals surface area contributed by atoms with Gasteiger partial charge in [0.05, 0.1) is 11.6 Å². The lowest BCUT2D eigenvalue weighted by Crippen LogP contribution is -2.36. The molecule has 1 saturated carbocycles. The van der Waals surface area contributed by atoms with Gasteiger partial charge in [0.15, 0.2) is 0 Å². The van der Waals surface area contributed by atoms with Crippen molar-refractivity contribution in [2.75, 3.05) is 0 Å². The van der Waals surface area contributed by atoms with Gasteiger partial charge in [0, 0.05) is 22.6 Å². The first kappa shape index (κ1) is 16.2. The van der Waals surface area contributed by atoms with Crippen LogP contribution in [0.25, 0.3) is 0 Å². The van der Waals surface area contributed by atoms with Gasteiger partial charge in [-0.25, -0.2) is 0 Å². The molecule has 1 aromatic carbocycles. The van der Waals surface area contributed by atoms with Crippen LogP contribution in [0.15, 0.2) is 33.3 Å². The predicted molar refractivity (Wildman–Crippen MR) is 92.1 cm³/mol. The molecule has 1 amide bonds. The Morgan fingerprint density at radius 2 is 2.17 bits per heavy atom. The molecule has 2 aromatic rings. The van der Waals surface area contributed by atoms with E-state index >= 15 is 0 Å². The number of aryl methyl sites for hydroxylation is 2. The molecule has 1 unspecified atom stereocenters. The molecule has 1 aliphatic rings. The smallest absolute Gasteiger partial charge is 0.230 e. The number of aromatic nitrogens is 1. The van der Waals surface area contributed by atoms with Gasteiger partial charge in [0.2, 0.25) is 5.91 Å². The number of amides is 1. The molecule has 4 nitrogen and oxygen atoms in total. The zero-order valence-electron chi connectivity index (χ0n) is 13.7. The quantitative estimate of drug-likeness (QED) is 0.778. The molecule has 5 heteroatoms. The van der Waals surface area contributed by atoms with Crippen LogP contribution in [-0.2, 0) is 11.3 Å². The molecule has 23 heavy (non-hydrogen) atoms. The number of hydrogen-bond acceptors (Lipinski definition) is 3. The predicted octanol–water partition coefficient (Wildman–Crippen LogP) is 4.35. The summed E-state index contributed by atoms with van der Waals surface area (Å²) in [5.41, 5.74) is 2.88. The van der Waals surface area contributed by atoms with E-state index in [0.29, 0.717) is 12.6 Å². The normalized spacial score (nSPS) is 15.5. The van der Waals surface area contributed by atoms with Gasteiger partial charge >= 0.3 is 0 Å². The third kappa shape index (κ3) is 3.50. The van der Waals surface area contributed by atoms with E-state index in [2.05, 4.69) is 33.2 Å². The van der Waals surface area contributed by atoms with Crippen LogP contribution in [0.1, 0.15) is 48.3 Å². The Balaban J connectivity index is 1.82. The lowest BCUT2D eigenvalue weighted by atomic mass is 9.97. The van der Waals surface area contributed by atoms with Crippen LogP contribution < -0.4 is 0 Å². The largest absolute Gasteiger partial charge is 0.361 e. The van der Waals surface area contributed by atoms with Gasteiger partial charge in [-0.3, -0.25) is 4.79 Å². The highest BCUT2D eigenvalue weighted by molar-refractivity contribution is 9.10. The van der Waals surface area contributed by atoms with E-state index in [4.69, 9.17) is 4.52 Å². The minimum absolute atomic E-state index is 0.155. The minimum Gasteiger partial charge on any atom is -0.361 e. The zero-order chi connectivity index (χ0) is 16.6. The van der Waals surface area contributed by atoms with E-state index in [1.807, 2.05) is 37.8 Å². The summed E-state index contributed by atoms with van der Waals surface area (Å²) in [5, 5.41) is 3.98. The molecular formula is C18H21BrN2O2. The average Bonchev–Trinajstić information content (AvgIpc) is 3.29. The lowest BCUT2D eigenvalue weighted by Gasteiger charge is -2.26. The maximum absolute atomic E-state index is 13.1. The van der Waals surface area contributed by atoms with E-state index in [1.165, 1.54) is 0 Å². The summed E-state index contributed by atoms with van der Waals surface area (Å²) in [6.07, 6.45) is 2.18. The maximum atomic E-state index is 13.1. The van der Waals surface area contributed by atoms with Crippen LogP contribution in [-0.4, -0.2) is 22.0 Å². The summed E-state index contributed by atoms with van der Waals surface area (Å²) in [5.74, 6) is 0.664. The van der Waals surface area contributed by atoms with E-state index in [0.717, 1.165) is 39.9 Å². The second kappa shape index (κ2) is 6.48. The second-order valence-electron chi connectivity index (χ2n) is 6.29. The summed E-state index contributed by atoms with van der Waals surface area (Å²) < 4.78 is 6.27. The fraction of sp³-hybridized carbons (Fsp3) is 0.444. The monoisotopic (exact) mass is 376 g/mol. The van der Waals surface area contributed by atoms with Crippen LogP contribution in [0.5, 0.6) is 0 Å². The lowest BCUT2D eigenvalue weighted by molar-refractivity contribution is -0.133. The summed E-state index contributed by atoms with van der Waals surface area (Å²) in [6, 6.07) is 8.51. The van der Waals surface area contributed by atoms with E-state index in [-0.39, 0.29) is 11.8 Å². The van der Waals surface area contributed by atoms with Crippen molar-refractivity contribution in [2.24, 2.45) is 0 Å². The van der Waals surface area contributed by atoms with Gasteiger partial charge in [0.1, 0.15) is 5.76 Å². The topological polar surface area (TPSA) is 46.3 Å². The Hall–Kier alpha value is -1.62. The number of carbonyl (C=O) groups is 1. The van der Waals surface area contributed by atoms with Crippen LogP contribution in [0.2, 0.25) is 0 Å². The highest BCUT2D eigenvalue weighted by atomic mass is 79.9. The average molecular weight is 377 g/mol. The first-order chi connectivity index (χ1) is 11.0. The number of hydrogen-bond donors (Lipinski definition) is 0. The van der Waals surface area contributed by atoms with Gasteiger partial charge in [0.25, 0.3) is 0 Å². The molecule has 0 radical (unpaired) electrons. The van der Waals surface area contributed by atoms with Crippen molar-refractivity contribution in [3.8, 4) is 0 Å². The Labute approximate surface area is 145 Å². The molecule has 0 spiro atoms. The van der Waals surface area contributed by atoms with Gasteiger partial charge < -0.3 is 9.42 Å². The molecule has 0 bridgehead atoms. The van der Waals surface area contributed by atoms with Crippen molar-refractivity contribution in [2.45, 2.75) is 52.1 Å². The number of nitrogens with zero attached hydrogens (tertiary/aromatic N) is 2. The molecule has 122 valence electrons. The molecule has 0 N–H and O–H groups in total. The van der Waals surface area contributed by atoms with Crippen molar-refractivity contribution in [3.05, 3.63) is 51.3 Å². The molecule has 1 fully saturated rings. The fourth-order valence-corrected chi connectivity index (χ4v) is 3.53. The molecule has 0 aliphatic heterocycles. The second-order valence-corrected chi connectivity index (χ2v) is 7.20. The first-order valence-electron chi connectivity index (χ1n) is 7.95. The molecular weight excluding hydrogens is 356 g/mol. The van der Waals surface area contributed by atoms with Gasteiger partial charge in [-0.15, -0.1) is 0 Å². The summed E-state index contributed by atoms with van der Waals surface area (Å²) >= 11 is 3.50. The van der Waals surface area contributed by atoms with Crippen molar-refractivity contribution < 1.29 is 9.32 Å². The number of benzene rings is 1. The Morgan fingerprint density at radius 3 is 2.74 bits per heavy atom. The van der Waals surface area contributed by atoms with Gasteiger partial charge in [-0.05, 0) is 51.3 Å².